The summed E-state index contributed by atoms with van der Waals surface area (Å²) in [6.07, 6.45) is 1.82. The van der Waals surface area contributed by atoms with Gasteiger partial charge in [-0.05, 0) is 42.8 Å². The molecule has 2 aromatic rings. The van der Waals surface area contributed by atoms with Gasteiger partial charge in [0.15, 0.2) is 10.1 Å². The van der Waals surface area contributed by atoms with E-state index in [-0.39, 0.29) is 11.7 Å². The summed E-state index contributed by atoms with van der Waals surface area (Å²) in [5, 5.41) is 0. The summed E-state index contributed by atoms with van der Waals surface area (Å²) in [7, 11) is 0. The maximum atomic E-state index is 12.7. The predicted octanol–water partition coefficient (Wildman–Crippen LogP) is 5.06. The molecular weight excluding hydrogens is 406 g/mol. The first kappa shape index (κ1) is 17.1. The molecule has 1 heterocycles. The first-order valence-corrected chi connectivity index (χ1v) is 9.12. The number of Topliss-reactive ketones (excluding diaryl/α,β-unsaturated/α-hetero) is 1. The van der Waals surface area contributed by atoms with Gasteiger partial charge < -0.3 is 0 Å². The highest BCUT2D eigenvalue weighted by Gasteiger charge is 2.33. The molecule has 0 atom stereocenters. The Labute approximate surface area is 157 Å². The summed E-state index contributed by atoms with van der Waals surface area (Å²) < 4.78 is 1.44. The Balaban J connectivity index is 1.93. The molecule has 0 unspecified atom stereocenters. The zero-order valence-electron chi connectivity index (χ0n) is 12.7. The zero-order valence-corrected chi connectivity index (χ0v) is 15.9. The third-order valence-corrected chi connectivity index (χ3v) is 5.30. The number of anilines is 1. The van der Waals surface area contributed by atoms with Gasteiger partial charge in [0, 0.05) is 10.0 Å². The largest absolute Gasteiger partial charge is 0.295 e. The third-order valence-electron chi connectivity index (χ3n) is 3.47. The minimum Gasteiger partial charge on any atom is -0.295 e. The van der Waals surface area contributed by atoms with E-state index in [0.717, 1.165) is 10.0 Å². The predicted molar refractivity (Wildman–Crippen MR) is 106 cm³/mol. The zero-order chi connectivity index (χ0) is 17.3. The topological polar surface area (TPSA) is 37.4 Å². The normalized spacial score (nSPS) is 16.1. The fourth-order valence-corrected chi connectivity index (χ4v) is 3.83. The molecule has 0 aliphatic carbocycles. The number of thiocarbonyl (C=S) groups is 1. The van der Waals surface area contributed by atoms with Crippen molar-refractivity contribution < 1.29 is 9.59 Å². The molecule has 120 valence electrons. The van der Waals surface area contributed by atoms with Gasteiger partial charge in [0.2, 0.25) is 0 Å². The number of carbonyl (C=O) groups is 2. The van der Waals surface area contributed by atoms with E-state index < -0.39 is 0 Å². The number of benzene rings is 2. The fraction of sp³-hybridized carbons (Fsp3) is 0.0556. The second-order valence-electron chi connectivity index (χ2n) is 5.18. The number of rotatable bonds is 3. The van der Waals surface area contributed by atoms with Crippen LogP contribution < -0.4 is 4.90 Å². The maximum Gasteiger partial charge on any atom is 0.270 e. The van der Waals surface area contributed by atoms with Crippen molar-refractivity contribution in [2.45, 2.75) is 6.92 Å². The van der Waals surface area contributed by atoms with Crippen LogP contribution in [0.5, 0.6) is 0 Å². The molecule has 0 bridgehead atoms. The molecule has 1 aliphatic rings. The summed E-state index contributed by atoms with van der Waals surface area (Å²) in [4.78, 5) is 26.3. The molecule has 1 aliphatic heterocycles. The van der Waals surface area contributed by atoms with Crippen LogP contribution in [0.1, 0.15) is 22.8 Å². The van der Waals surface area contributed by atoms with Gasteiger partial charge in [-0.2, -0.15) is 0 Å². The smallest absolute Gasteiger partial charge is 0.270 e. The van der Waals surface area contributed by atoms with Crippen molar-refractivity contribution in [3.63, 3.8) is 0 Å². The molecule has 0 radical (unpaired) electrons. The Morgan fingerprint density at radius 3 is 2.58 bits per heavy atom. The van der Waals surface area contributed by atoms with Crippen molar-refractivity contribution in [2.24, 2.45) is 0 Å². The van der Waals surface area contributed by atoms with E-state index >= 15 is 0 Å². The molecule has 0 spiro atoms. The lowest BCUT2D eigenvalue weighted by Gasteiger charge is -2.15. The van der Waals surface area contributed by atoms with Crippen LogP contribution in [0.25, 0.3) is 6.08 Å². The van der Waals surface area contributed by atoms with Gasteiger partial charge in [-0.25, -0.2) is 0 Å². The number of nitrogens with zero attached hydrogens (tertiary/aromatic N) is 1. The quantitative estimate of drug-likeness (QED) is 0.397. The van der Waals surface area contributed by atoms with E-state index in [2.05, 4.69) is 15.9 Å². The van der Waals surface area contributed by atoms with E-state index in [1.807, 2.05) is 30.3 Å². The molecule has 6 heteroatoms. The highest BCUT2D eigenvalue weighted by atomic mass is 79.9. The molecule has 1 fully saturated rings. The summed E-state index contributed by atoms with van der Waals surface area (Å²) in [6, 6.07) is 14.6. The number of ketones is 1. The van der Waals surface area contributed by atoms with Gasteiger partial charge >= 0.3 is 0 Å². The van der Waals surface area contributed by atoms with Gasteiger partial charge in [0.05, 0.1) is 10.6 Å². The second kappa shape index (κ2) is 7.01. The van der Waals surface area contributed by atoms with Crippen molar-refractivity contribution in [3.05, 3.63) is 69.0 Å². The molecular formula is C18H12BrNO2S2. The Morgan fingerprint density at radius 2 is 1.92 bits per heavy atom. The molecule has 0 aromatic heterocycles. The second-order valence-corrected chi connectivity index (χ2v) is 7.77. The summed E-state index contributed by atoms with van der Waals surface area (Å²) in [5.41, 5.74) is 2.10. The molecule has 24 heavy (non-hydrogen) atoms. The van der Waals surface area contributed by atoms with Crippen molar-refractivity contribution in [1.29, 1.82) is 0 Å². The van der Waals surface area contributed by atoms with Gasteiger partial charge in [-0.3, -0.25) is 14.5 Å². The van der Waals surface area contributed by atoms with Crippen LogP contribution in [0.15, 0.2) is 57.9 Å². The average Bonchev–Trinajstić information content (AvgIpc) is 2.83. The lowest BCUT2D eigenvalue weighted by molar-refractivity contribution is -0.113. The van der Waals surface area contributed by atoms with Crippen molar-refractivity contribution in [2.75, 3.05) is 4.90 Å². The monoisotopic (exact) mass is 417 g/mol. The van der Waals surface area contributed by atoms with Gasteiger partial charge in [-0.1, -0.05) is 64.2 Å². The van der Waals surface area contributed by atoms with Crippen LogP contribution in [-0.2, 0) is 4.79 Å². The van der Waals surface area contributed by atoms with E-state index in [1.165, 1.54) is 23.6 Å². The van der Waals surface area contributed by atoms with Crippen molar-refractivity contribution >= 4 is 67.7 Å². The van der Waals surface area contributed by atoms with Crippen LogP contribution in [0.4, 0.5) is 5.69 Å². The standard InChI is InChI=1S/C18H12BrNO2S2/c1-11(21)13-3-2-4-15(10-13)20-17(22)16(24-18(20)23)9-12-5-7-14(19)8-6-12/h2-10H,1H3/b16-9-. The van der Waals surface area contributed by atoms with Crippen LogP contribution in [0.2, 0.25) is 0 Å². The molecule has 0 N–H and O–H groups in total. The minimum atomic E-state index is -0.173. The van der Waals surface area contributed by atoms with E-state index in [0.29, 0.717) is 20.5 Å². The van der Waals surface area contributed by atoms with E-state index in [4.69, 9.17) is 12.2 Å². The highest BCUT2D eigenvalue weighted by Crippen LogP contribution is 2.36. The first-order chi connectivity index (χ1) is 11.5. The lowest BCUT2D eigenvalue weighted by atomic mass is 10.1. The SMILES string of the molecule is CC(=O)c1cccc(N2C(=O)/C(=C/c3ccc(Br)cc3)SC2=S)c1. The summed E-state index contributed by atoms with van der Waals surface area (Å²) >= 11 is 10.0. The minimum absolute atomic E-state index is 0.0484. The Kier molecular flexibility index (Phi) is 4.99. The number of carbonyl (C=O) groups excluding carboxylic acids is 2. The summed E-state index contributed by atoms with van der Waals surface area (Å²) in [5.74, 6) is -0.221. The van der Waals surface area contributed by atoms with Crippen molar-refractivity contribution in [1.82, 2.24) is 0 Å². The molecule has 0 saturated carbocycles. The molecule has 1 saturated heterocycles. The summed E-state index contributed by atoms with van der Waals surface area (Å²) in [6.45, 7) is 1.50. The van der Waals surface area contributed by atoms with Crippen LogP contribution in [0, 0.1) is 0 Å². The van der Waals surface area contributed by atoms with Gasteiger partial charge in [-0.15, -0.1) is 0 Å². The van der Waals surface area contributed by atoms with E-state index in [9.17, 15) is 9.59 Å². The number of amides is 1. The van der Waals surface area contributed by atoms with E-state index in [1.54, 1.807) is 24.3 Å². The van der Waals surface area contributed by atoms with Crippen molar-refractivity contribution in [3.8, 4) is 0 Å². The maximum absolute atomic E-state index is 12.7. The molecule has 3 rings (SSSR count). The molecule has 3 nitrogen and oxygen atoms in total. The number of halogens is 1. The number of hydrogen-bond donors (Lipinski definition) is 0. The molecule has 1 amide bonds. The first-order valence-electron chi connectivity index (χ1n) is 7.10. The third kappa shape index (κ3) is 3.50. The van der Waals surface area contributed by atoms with Gasteiger partial charge in [0.25, 0.3) is 5.91 Å². The van der Waals surface area contributed by atoms with Crippen LogP contribution in [-0.4, -0.2) is 16.0 Å². The molecule has 2 aromatic carbocycles. The fourth-order valence-electron chi connectivity index (χ4n) is 2.26. The lowest BCUT2D eigenvalue weighted by Crippen LogP contribution is -2.27. The Morgan fingerprint density at radius 1 is 1.21 bits per heavy atom. The van der Waals surface area contributed by atoms with Crippen LogP contribution >= 0.6 is 39.9 Å². The number of thioether (sulfide) groups is 1. The van der Waals surface area contributed by atoms with Gasteiger partial charge in [0.1, 0.15) is 0 Å². The number of hydrogen-bond acceptors (Lipinski definition) is 4. The average molecular weight is 418 g/mol. The Hall–Kier alpha value is -1.76. The highest BCUT2D eigenvalue weighted by molar-refractivity contribution is 9.10. The Bertz CT molecular complexity index is 875. The van der Waals surface area contributed by atoms with Crippen LogP contribution in [0.3, 0.4) is 0 Å².